The molecular formula is C13H20N2O5S. The maximum Gasteiger partial charge on any atom is 0.243 e. The van der Waals surface area contributed by atoms with Crippen molar-refractivity contribution in [3.63, 3.8) is 0 Å². The Morgan fingerprint density at radius 3 is 2.38 bits per heavy atom. The average Bonchev–Trinajstić information content (AvgIpc) is 2.46. The minimum atomic E-state index is -3.77. The molecule has 0 unspecified atom stereocenters. The van der Waals surface area contributed by atoms with E-state index >= 15 is 0 Å². The number of sulfonamides is 1. The van der Waals surface area contributed by atoms with E-state index < -0.39 is 10.0 Å². The lowest BCUT2D eigenvalue weighted by Crippen LogP contribution is -2.38. The number of rotatable bonds is 7. The Morgan fingerprint density at radius 1 is 1.24 bits per heavy atom. The molecule has 0 aromatic heterocycles. The van der Waals surface area contributed by atoms with Gasteiger partial charge in [0.1, 0.15) is 0 Å². The maximum absolute atomic E-state index is 12.4. The molecule has 1 N–H and O–H groups in total. The number of nitrogens with zero attached hydrogens (tertiary/aromatic N) is 1. The van der Waals surface area contributed by atoms with Crippen LogP contribution < -0.4 is 14.8 Å². The fourth-order valence-electron chi connectivity index (χ4n) is 1.70. The fraction of sp³-hybridized carbons (Fsp3) is 0.462. The smallest absolute Gasteiger partial charge is 0.243 e. The van der Waals surface area contributed by atoms with E-state index in [0.29, 0.717) is 18.0 Å². The highest BCUT2D eigenvalue weighted by molar-refractivity contribution is 7.89. The molecule has 1 rings (SSSR count). The van der Waals surface area contributed by atoms with Gasteiger partial charge in [0.25, 0.3) is 0 Å². The first-order valence-electron chi connectivity index (χ1n) is 6.31. The Kier molecular flexibility index (Phi) is 5.98. The van der Waals surface area contributed by atoms with Crippen LogP contribution in [0.1, 0.15) is 6.92 Å². The predicted octanol–water partition coefficient (Wildman–Crippen LogP) is 0.460. The van der Waals surface area contributed by atoms with Gasteiger partial charge in [-0.3, -0.25) is 4.79 Å². The molecule has 1 aromatic carbocycles. The van der Waals surface area contributed by atoms with E-state index in [1.807, 2.05) is 0 Å². The highest BCUT2D eigenvalue weighted by atomic mass is 32.2. The van der Waals surface area contributed by atoms with Crippen LogP contribution >= 0.6 is 0 Å². The number of likely N-dealkylation sites (N-methyl/N-ethyl adjacent to an activating group) is 2. The number of ether oxygens (including phenoxy) is 2. The zero-order chi connectivity index (χ0) is 16.0. The van der Waals surface area contributed by atoms with Crippen LogP contribution in [-0.4, -0.2) is 53.0 Å². The topological polar surface area (TPSA) is 84.9 Å². The Balaban J connectivity index is 3.04. The van der Waals surface area contributed by atoms with Crippen LogP contribution in [0.4, 0.5) is 0 Å². The van der Waals surface area contributed by atoms with Crippen molar-refractivity contribution >= 4 is 15.9 Å². The normalized spacial score (nSPS) is 11.3. The van der Waals surface area contributed by atoms with E-state index in [9.17, 15) is 13.2 Å². The Labute approximate surface area is 124 Å². The number of hydrogen-bond donors (Lipinski definition) is 1. The molecule has 0 spiro atoms. The standard InChI is InChI=1S/C13H20N2O5S/c1-5-14-13(16)9-15(2)21(17,18)10-6-7-11(19-3)12(8-10)20-4/h6-8H,5,9H2,1-4H3,(H,14,16). The van der Waals surface area contributed by atoms with Crippen molar-refractivity contribution in [1.82, 2.24) is 9.62 Å². The number of hydrogen-bond acceptors (Lipinski definition) is 5. The fourth-order valence-corrected chi connectivity index (χ4v) is 2.84. The van der Waals surface area contributed by atoms with Gasteiger partial charge in [-0.2, -0.15) is 4.31 Å². The van der Waals surface area contributed by atoms with Gasteiger partial charge in [-0.05, 0) is 19.1 Å². The third-order valence-corrected chi connectivity index (χ3v) is 4.60. The first-order chi connectivity index (χ1) is 9.86. The summed E-state index contributed by atoms with van der Waals surface area (Å²) in [7, 11) is 0.464. The quantitative estimate of drug-likeness (QED) is 0.790. The van der Waals surface area contributed by atoms with Gasteiger partial charge in [-0.15, -0.1) is 0 Å². The third kappa shape index (κ3) is 4.08. The summed E-state index contributed by atoms with van der Waals surface area (Å²) < 4.78 is 35.9. The molecule has 7 nitrogen and oxygen atoms in total. The number of amides is 1. The highest BCUT2D eigenvalue weighted by Crippen LogP contribution is 2.30. The molecule has 0 heterocycles. The van der Waals surface area contributed by atoms with E-state index in [2.05, 4.69) is 5.32 Å². The van der Waals surface area contributed by atoms with Crippen molar-refractivity contribution < 1.29 is 22.7 Å². The SMILES string of the molecule is CCNC(=O)CN(C)S(=O)(=O)c1ccc(OC)c(OC)c1. The lowest BCUT2D eigenvalue weighted by molar-refractivity contribution is -0.121. The van der Waals surface area contributed by atoms with Crippen LogP contribution in [0.2, 0.25) is 0 Å². The zero-order valence-electron chi connectivity index (χ0n) is 12.5. The number of carbonyl (C=O) groups excluding carboxylic acids is 1. The van der Waals surface area contributed by atoms with Crippen LogP contribution in [-0.2, 0) is 14.8 Å². The van der Waals surface area contributed by atoms with E-state index in [0.717, 1.165) is 4.31 Å². The molecule has 0 aliphatic rings. The molecule has 0 saturated carbocycles. The Hall–Kier alpha value is -1.80. The second-order valence-electron chi connectivity index (χ2n) is 4.23. The number of nitrogens with one attached hydrogen (secondary N) is 1. The summed E-state index contributed by atoms with van der Waals surface area (Å²) in [6, 6.07) is 4.28. The number of carbonyl (C=O) groups is 1. The van der Waals surface area contributed by atoms with Crippen LogP contribution in [0.5, 0.6) is 11.5 Å². The minimum absolute atomic E-state index is 0.0342. The molecule has 0 saturated heterocycles. The molecule has 0 radical (unpaired) electrons. The minimum Gasteiger partial charge on any atom is -0.493 e. The van der Waals surface area contributed by atoms with Gasteiger partial charge >= 0.3 is 0 Å². The zero-order valence-corrected chi connectivity index (χ0v) is 13.4. The van der Waals surface area contributed by atoms with Crippen molar-refractivity contribution in [3.05, 3.63) is 18.2 Å². The van der Waals surface area contributed by atoms with Crippen molar-refractivity contribution in [1.29, 1.82) is 0 Å². The molecule has 1 aromatic rings. The van der Waals surface area contributed by atoms with Crippen molar-refractivity contribution in [2.45, 2.75) is 11.8 Å². The van der Waals surface area contributed by atoms with E-state index in [4.69, 9.17) is 9.47 Å². The molecule has 21 heavy (non-hydrogen) atoms. The number of methoxy groups -OCH3 is 2. The van der Waals surface area contributed by atoms with Gasteiger partial charge in [0.2, 0.25) is 15.9 Å². The predicted molar refractivity (Wildman–Crippen MR) is 78.0 cm³/mol. The molecular weight excluding hydrogens is 296 g/mol. The third-order valence-electron chi connectivity index (χ3n) is 2.80. The van der Waals surface area contributed by atoms with Gasteiger partial charge < -0.3 is 14.8 Å². The van der Waals surface area contributed by atoms with Crippen LogP contribution in [0.25, 0.3) is 0 Å². The summed E-state index contributed by atoms with van der Waals surface area (Å²) in [6.45, 7) is 1.97. The van der Waals surface area contributed by atoms with Gasteiger partial charge in [0, 0.05) is 19.7 Å². The number of benzene rings is 1. The van der Waals surface area contributed by atoms with Crippen LogP contribution in [0.3, 0.4) is 0 Å². The molecule has 0 aliphatic heterocycles. The van der Waals surface area contributed by atoms with Gasteiger partial charge in [0.15, 0.2) is 11.5 Å². The molecule has 118 valence electrons. The van der Waals surface area contributed by atoms with Crippen molar-refractivity contribution in [2.24, 2.45) is 0 Å². The van der Waals surface area contributed by atoms with Gasteiger partial charge in [-0.1, -0.05) is 0 Å². The Bertz CT molecular complexity index is 601. The van der Waals surface area contributed by atoms with E-state index in [-0.39, 0.29) is 17.3 Å². The highest BCUT2D eigenvalue weighted by Gasteiger charge is 2.24. The van der Waals surface area contributed by atoms with Crippen molar-refractivity contribution in [2.75, 3.05) is 34.4 Å². The summed E-state index contributed by atoms with van der Waals surface area (Å²) in [6.07, 6.45) is 0. The molecule has 0 bridgehead atoms. The van der Waals surface area contributed by atoms with Crippen LogP contribution in [0, 0.1) is 0 Å². The molecule has 0 atom stereocenters. The lowest BCUT2D eigenvalue weighted by atomic mass is 10.3. The van der Waals surface area contributed by atoms with Gasteiger partial charge in [0.05, 0.1) is 25.7 Å². The lowest BCUT2D eigenvalue weighted by Gasteiger charge is -2.17. The summed E-state index contributed by atoms with van der Waals surface area (Å²) in [5, 5.41) is 2.55. The molecule has 1 amide bonds. The van der Waals surface area contributed by atoms with Crippen LogP contribution in [0.15, 0.2) is 23.1 Å². The summed E-state index contributed by atoms with van der Waals surface area (Å²) in [4.78, 5) is 11.5. The van der Waals surface area contributed by atoms with Crippen molar-refractivity contribution in [3.8, 4) is 11.5 Å². The first-order valence-corrected chi connectivity index (χ1v) is 7.75. The molecule has 0 fully saturated rings. The first kappa shape index (κ1) is 17.3. The van der Waals surface area contributed by atoms with Gasteiger partial charge in [-0.25, -0.2) is 8.42 Å². The second-order valence-corrected chi connectivity index (χ2v) is 6.28. The monoisotopic (exact) mass is 316 g/mol. The largest absolute Gasteiger partial charge is 0.493 e. The Morgan fingerprint density at radius 2 is 1.86 bits per heavy atom. The summed E-state index contributed by atoms with van der Waals surface area (Å²) in [5.74, 6) is 0.386. The summed E-state index contributed by atoms with van der Waals surface area (Å²) >= 11 is 0. The maximum atomic E-state index is 12.4. The van der Waals surface area contributed by atoms with E-state index in [1.54, 1.807) is 6.92 Å². The van der Waals surface area contributed by atoms with E-state index in [1.165, 1.54) is 39.5 Å². The second kappa shape index (κ2) is 7.28. The molecule has 8 heteroatoms. The molecule has 0 aliphatic carbocycles. The average molecular weight is 316 g/mol. The summed E-state index contributed by atoms with van der Waals surface area (Å²) in [5.41, 5.74) is 0.